The van der Waals surface area contributed by atoms with Crippen LogP contribution in [0.5, 0.6) is 11.5 Å². The largest absolute Gasteiger partial charge is 0.502 e. The molecule has 0 bridgehead atoms. The molecule has 4 aromatic carbocycles. The first-order valence-corrected chi connectivity index (χ1v) is 13.8. The number of nitro groups is 2. The molecule has 12 nitrogen and oxygen atoms in total. The topological polar surface area (TPSA) is 184 Å². The van der Waals surface area contributed by atoms with Gasteiger partial charge in [-0.25, -0.2) is 16.8 Å². The monoisotopic (exact) mass is 588 g/mol. The van der Waals surface area contributed by atoms with E-state index in [2.05, 4.69) is 0 Å². The van der Waals surface area contributed by atoms with Crippen molar-refractivity contribution in [2.45, 2.75) is 27.0 Å². The predicted molar refractivity (Wildman–Crippen MR) is 145 cm³/mol. The zero-order valence-electron chi connectivity index (χ0n) is 20.1. The summed E-state index contributed by atoms with van der Waals surface area (Å²) in [6.45, 7) is 0. The highest BCUT2D eigenvalue weighted by Gasteiger charge is 2.23. The molecule has 4 aromatic rings. The van der Waals surface area contributed by atoms with E-state index in [-0.39, 0.29) is 38.4 Å². The summed E-state index contributed by atoms with van der Waals surface area (Å²) < 4.78 is 54.0. The third-order valence-corrected chi connectivity index (χ3v) is 8.75. The Morgan fingerprint density at radius 1 is 0.625 bits per heavy atom. The van der Waals surface area contributed by atoms with Crippen molar-refractivity contribution >= 4 is 31.0 Å². The van der Waals surface area contributed by atoms with E-state index >= 15 is 0 Å². The maximum atomic E-state index is 12.4. The molecule has 0 spiro atoms. The molecule has 0 heterocycles. The number of phenols is 1. The van der Waals surface area contributed by atoms with Crippen LogP contribution in [0.4, 0.5) is 11.4 Å². The molecule has 210 valence electrons. The van der Waals surface area contributed by atoms with E-state index in [1.807, 2.05) is 0 Å². The third-order valence-electron chi connectivity index (χ3n) is 5.22. The summed E-state index contributed by atoms with van der Waals surface area (Å²) in [5, 5.41) is 30.8. The number of nitro benzene ring substituents is 2. The molecular formula is C26H24N2O10S2. The number of aromatic hydroxyl groups is 1. The average Bonchev–Trinajstić information content (AvgIpc) is 2.93. The Kier molecular flexibility index (Phi) is 10.1. The van der Waals surface area contributed by atoms with Crippen LogP contribution in [0.2, 0.25) is 0 Å². The highest BCUT2D eigenvalue weighted by atomic mass is 32.2. The fourth-order valence-corrected chi connectivity index (χ4v) is 5.87. The molecule has 0 aliphatic carbocycles. The second-order valence-corrected chi connectivity index (χ2v) is 11.5. The maximum absolute atomic E-state index is 12.4. The van der Waals surface area contributed by atoms with Crippen LogP contribution in [0, 0.1) is 20.2 Å². The third kappa shape index (κ3) is 6.78. The van der Waals surface area contributed by atoms with Crippen molar-refractivity contribution in [1.82, 2.24) is 0 Å². The van der Waals surface area contributed by atoms with Gasteiger partial charge in [-0.15, -0.1) is 0 Å². The van der Waals surface area contributed by atoms with Crippen LogP contribution in [-0.2, 0) is 19.7 Å². The summed E-state index contributed by atoms with van der Waals surface area (Å²) in [6.07, 6.45) is 0. The van der Waals surface area contributed by atoms with Gasteiger partial charge in [0.2, 0.25) is 19.7 Å². The summed E-state index contributed by atoms with van der Waals surface area (Å²) in [6, 6.07) is 21.9. The van der Waals surface area contributed by atoms with Crippen LogP contribution >= 0.6 is 0 Å². The molecule has 40 heavy (non-hydrogen) atoms. The molecule has 0 aromatic heterocycles. The summed E-state index contributed by atoms with van der Waals surface area (Å²) in [4.78, 5) is 19.9. The van der Waals surface area contributed by atoms with Gasteiger partial charge in [-0.1, -0.05) is 43.8 Å². The minimum Gasteiger partial charge on any atom is -0.502 e. The summed E-state index contributed by atoms with van der Waals surface area (Å²) in [7, 11) is -6.25. The lowest BCUT2D eigenvalue weighted by atomic mass is 10.3. The fourth-order valence-electron chi connectivity index (χ4n) is 3.27. The molecular weight excluding hydrogens is 564 g/mol. The van der Waals surface area contributed by atoms with Gasteiger partial charge in [-0.05, 0) is 36.4 Å². The minimum absolute atomic E-state index is 0. The second-order valence-electron chi connectivity index (χ2n) is 7.63. The number of sulfone groups is 2. The van der Waals surface area contributed by atoms with Gasteiger partial charge in [-0.3, -0.25) is 20.2 Å². The number of ether oxygens (including phenoxy) is 1. The van der Waals surface area contributed by atoms with E-state index < -0.39 is 41.0 Å². The number of phenolic OH excluding ortho intramolecular Hbond substituents is 1. The van der Waals surface area contributed by atoms with Gasteiger partial charge in [-0.2, -0.15) is 0 Å². The SMILES string of the molecule is C.COc1cc(S(=O)(=O)c2ccccc2)ccc1[N+](=O)[O-].O=[N+]([O-])c1ccc(S(=O)(=O)c2ccccc2)cc1O. The van der Waals surface area contributed by atoms with Crippen molar-refractivity contribution in [1.29, 1.82) is 0 Å². The standard InChI is InChI=1S/C13H11NO5S.C12H9NO5S.CH4/c1-19-13-9-11(7-8-12(13)14(15)16)20(17,18)10-5-3-2-4-6-10;14-12-8-10(6-7-11(12)13(15)16)19(17,18)9-4-2-1-3-5-9;/h2-9H,1H3;1-8,14H;1H4. The van der Waals surface area contributed by atoms with Gasteiger partial charge >= 0.3 is 11.4 Å². The first-order valence-electron chi connectivity index (χ1n) is 10.8. The zero-order chi connectivity index (χ0) is 28.8. The van der Waals surface area contributed by atoms with Gasteiger partial charge in [0, 0.05) is 24.3 Å². The molecule has 0 amide bonds. The maximum Gasteiger partial charge on any atom is 0.310 e. The van der Waals surface area contributed by atoms with Crippen LogP contribution in [0.15, 0.2) is 117 Å². The Bertz CT molecular complexity index is 1730. The van der Waals surface area contributed by atoms with E-state index in [9.17, 15) is 42.2 Å². The van der Waals surface area contributed by atoms with Crippen molar-refractivity contribution in [3.63, 3.8) is 0 Å². The first-order chi connectivity index (χ1) is 18.4. The minimum atomic E-state index is -3.79. The van der Waals surface area contributed by atoms with E-state index in [0.29, 0.717) is 0 Å². The number of methoxy groups -OCH3 is 1. The quantitative estimate of drug-likeness (QED) is 0.222. The summed E-state index contributed by atoms with van der Waals surface area (Å²) in [5.41, 5.74) is -0.813. The van der Waals surface area contributed by atoms with Gasteiger partial charge in [0.05, 0.1) is 36.5 Å². The van der Waals surface area contributed by atoms with Crippen molar-refractivity contribution < 1.29 is 36.5 Å². The van der Waals surface area contributed by atoms with Crippen LogP contribution in [-0.4, -0.2) is 38.9 Å². The number of rotatable bonds is 7. The highest BCUT2D eigenvalue weighted by Crippen LogP contribution is 2.32. The van der Waals surface area contributed by atoms with Crippen LogP contribution in [0.25, 0.3) is 0 Å². The van der Waals surface area contributed by atoms with Crippen LogP contribution < -0.4 is 4.74 Å². The predicted octanol–water partition coefficient (Wildman–Crippen LogP) is 5.21. The van der Waals surface area contributed by atoms with Gasteiger partial charge in [0.15, 0.2) is 11.5 Å². The van der Waals surface area contributed by atoms with E-state index in [0.717, 1.165) is 30.3 Å². The van der Waals surface area contributed by atoms with E-state index in [1.165, 1.54) is 37.4 Å². The number of benzene rings is 4. The van der Waals surface area contributed by atoms with Gasteiger partial charge in [0.1, 0.15) is 0 Å². The van der Waals surface area contributed by atoms with Crippen molar-refractivity contribution in [3.8, 4) is 11.5 Å². The highest BCUT2D eigenvalue weighted by molar-refractivity contribution is 7.91. The number of hydrogen-bond acceptors (Lipinski definition) is 10. The molecule has 4 rings (SSSR count). The molecule has 0 saturated carbocycles. The Labute approximate surface area is 230 Å². The Morgan fingerprint density at radius 2 is 1.02 bits per heavy atom. The first kappa shape index (κ1) is 31.4. The van der Waals surface area contributed by atoms with Crippen molar-refractivity contribution in [2.24, 2.45) is 0 Å². The van der Waals surface area contributed by atoms with Crippen LogP contribution in [0.1, 0.15) is 7.43 Å². The lowest BCUT2D eigenvalue weighted by Crippen LogP contribution is -2.03. The normalized spacial score (nSPS) is 10.8. The van der Waals surface area contributed by atoms with Crippen LogP contribution in [0.3, 0.4) is 0 Å². The molecule has 0 aliphatic rings. The van der Waals surface area contributed by atoms with E-state index in [1.54, 1.807) is 36.4 Å². The Hall–Kier alpha value is -4.82. The van der Waals surface area contributed by atoms with Crippen molar-refractivity contribution in [3.05, 3.63) is 117 Å². The summed E-state index contributed by atoms with van der Waals surface area (Å²) in [5.74, 6) is -0.769. The number of nitrogens with zero attached hydrogens (tertiary/aromatic N) is 2. The molecule has 0 atom stereocenters. The van der Waals surface area contributed by atoms with Crippen molar-refractivity contribution in [2.75, 3.05) is 7.11 Å². The molecule has 0 fully saturated rings. The van der Waals surface area contributed by atoms with Gasteiger partial charge < -0.3 is 9.84 Å². The Morgan fingerprint density at radius 3 is 1.40 bits per heavy atom. The summed E-state index contributed by atoms with van der Waals surface area (Å²) >= 11 is 0. The molecule has 0 radical (unpaired) electrons. The second kappa shape index (κ2) is 12.8. The molecule has 0 aliphatic heterocycles. The zero-order valence-corrected chi connectivity index (χ0v) is 21.7. The molecule has 14 heteroatoms. The smallest absolute Gasteiger partial charge is 0.310 e. The van der Waals surface area contributed by atoms with E-state index in [4.69, 9.17) is 4.74 Å². The fraction of sp³-hybridized carbons (Fsp3) is 0.0769. The molecule has 0 saturated heterocycles. The average molecular weight is 589 g/mol. The number of hydrogen-bond donors (Lipinski definition) is 1. The lowest BCUT2D eigenvalue weighted by molar-refractivity contribution is -0.386. The lowest BCUT2D eigenvalue weighted by Gasteiger charge is -2.07. The van der Waals surface area contributed by atoms with Gasteiger partial charge in [0.25, 0.3) is 0 Å². The molecule has 1 N–H and O–H groups in total. The molecule has 0 unspecified atom stereocenters. The Balaban J connectivity index is 0.000000274.